The van der Waals surface area contributed by atoms with E-state index in [4.69, 9.17) is 34.8 Å². The molecule has 0 atom stereocenters. The van der Waals surface area contributed by atoms with Crippen molar-refractivity contribution in [1.29, 1.82) is 0 Å². The van der Waals surface area contributed by atoms with E-state index in [9.17, 15) is 0 Å². The summed E-state index contributed by atoms with van der Waals surface area (Å²) < 4.78 is 1.48. The van der Waals surface area contributed by atoms with Gasteiger partial charge in [-0.3, -0.25) is 0 Å². The predicted octanol–water partition coefficient (Wildman–Crippen LogP) is 3.68. The summed E-state index contributed by atoms with van der Waals surface area (Å²) >= 11 is 18.1. The first-order valence-corrected chi connectivity index (χ1v) is 6.64. The van der Waals surface area contributed by atoms with E-state index in [1.54, 1.807) is 36.7 Å². The second-order valence-electron chi connectivity index (χ2n) is 3.78. The Morgan fingerprint density at radius 3 is 2.55 bits per heavy atom. The molecule has 2 heterocycles. The Morgan fingerprint density at radius 1 is 0.950 bits per heavy atom. The molecule has 0 N–H and O–H groups in total. The number of benzene rings is 1. The molecule has 8 heteroatoms. The van der Waals surface area contributed by atoms with E-state index in [-0.39, 0.29) is 5.28 Å². The van der Waals surface area contributed by atoms with Crippen LogP contribution in [0.3, 0.4) is 0 Å². The highest BCUT2D eigenvalue weighted by Crippen LogP contribution is 2.31. The first-order chi connectivity index (χ1) is 9.65. The van der Waals surface area contributed by atoms with Gasteiger partial charge >= 0.3 is 0 Å². The predicted molar refractivity (Wildman–Crippen MR) is 77.4 cm³/mol. The van der Waals surface area contributed by atoms with Crippen LogP contribution in [0.15, 0.2) is 36.7 Å². The van der Waals surface area contributed by atoms with Crippen LogP contribution < -0.4 is 0 Å². The van der Waals surface area contributed by atoms with Crippen molar-refractivity contribution in [1.82, 2.24) is 24.7 Å². The van der Waals surface area contributed by atoms with Gasteiger partial charge in [0.15, 0.2) is 5.82 Å². The van der Waals surface area contributed by atoms with Gasteiger partial charge < -0.3 is 0 Å². The highest BCUT2D eigenvalue weighted by Gasteiger charge is 2.13. The van der Waals surface area contributed by atoms with Crippen molar-refractivity contribution in [3.05, 3.63) is 52.0 Å². The number of hydrogen-bond donors (Lipinski definition) is 0. The third-order valence-corrected chi connectivity index (χ3v) is 3.49. The minimum atomic E-state index is 0.0524. The van der Waals surface area contributed by atoms with Crippen LogP contribution >= 0.6 is 34.8 Å². The first-order valence-electron chi connectivity index (χ1n) is 5.51. The summed E-state index contributed by atoms with van der Waals surface area (Å²) in [4.78, 5) is 12.4. The highest BCUT2D eigenvalue weighted by molar-refractivity contribution is 6.43. The van der Waals surface area contributed by atoms with Crippen LogP contribution in [0.2, 0.25) is 15.3 Å². The Hall–Kier alpha value is -1.69. The molecule has 0 spiro atoms. The van der Waals surface area contributed by atoms with Gasteiger partial charge in [0.1, 0.15) is 0 Å². The van der Waals surface area contributed by atoms with Crippen molar-refractivity contribution in [2.75, 3.05) is 0 Å². The molecule has 2 aromatic heterocycles. The molecule has 0 aliphatic rings. The quantitative estimate of drug-likeness (QED) is 0.721. The van der Waals surface area contributed by atoms with Crippen LogP contribution in [0.5, 0.6) is 0 Å². The van der Waals surface area contributed by atoms with Crippen molar-refractivity contribution in [2.45, 2.75) is 0 Å². The van der Waals surface area contributed by atoms with Crippen LogP contribution in [0.1, 0.15) is 0 Å². The van der Waals surface area contributed by atoms with Crippen LogP contribution in [0.4, 0.5) is 0 Å². The molecule has 0 saturated heterocycles. The summed E-state index contributed by atoms with van der Waals surface area (Å²) in [5.41, 5.74) is 0.580. The van der Waals surface area contributed by atoms with Gasteiger partial charge in [0.05, 0.1) is 10.0 Å². The monoisotopic (exact) mass is 325 g/mol. The van der Waals surface area contributed by atoms with Crippen molar-refractivity contribution < 1.29 is 0 Å². The van der Waals surface area contributed by atoms with Gasteiger partial charge in [0.2, 0.25) is 5.28 Å². The maximum absolute atomic E-state index is 6.16. The summed E-state index contributed by atoms with van der Waals surface area (Å²) in [6.45, 7) is 0. The molecule has 0 bridgehead atoms. The van der Waals surface area contributed by atoms with Crippen LogP contribution in [-0.2, 0) is 0 Å². The zero-order valence-corrected chi connectivity index (χ0v) is 12.1. The fourth-order valence-electron chi connectivity index (χ4n) is 1.63. The molecule has 0 radical (unpaired) electrons. The average Bonchev–Trinajstić information content (AvgIpc) is 2.95. The molecule has 5 nitrogen and oxygen atoms in total. The molecule has 3 rings (SSSR count). The summed E-state index contributed by atoms with van der Waals surface area (Å²) in [6.07, 6.45) is 3.32. The Bertz CT molecular complexity index is 758. The topological polar surface area (TPSA) is 56.5 Å². The summed E-state index contributed by atoms with van der Waals surface area (Å²) in [6, 6.07) is 6.95. The van der Waals surface area contributed by atoms with E-state index in [1.807, 2.05) is 0 Å². The molecule has 100 valence electrons. The molecule has 0 amide bonds. The molecule has 0 aliphatic heterocycles. The third-order valence-electron chi connectivity index (χ3n) is 2.50. The highest BCUT2D eigenvalue weighted by atomic mass is 35.5. The van der Waals surface area contributed by atoms with E-state index in [0.29, 0.717) is 27.4 Å². The van der Waals surface area contributed by atoms with E-state index < -0.39 is 0 Å². The fourth-order valence-corrected chi connectivity index (χ4v) is 2.17. The second-order valence-corrected chi connectivity index (χ2v) is 4.90. The van der Waals surface area contributed by atoms with Gasteiger partial charge in [0.25, 0.3) is 5.95 Å². The largest absolute Gasteiger partial charge is 0.255 e. The maximum atomic E-state index is 6.16. The van der Waals surface area contributed by atoms with E-state index in [0.717, 1.165) is 0 Å². The normalized spacial score (nSPS) is 10.8. The smallest absolute Gasteiger partial charge is 0.206 e. The summed E-state index contributed by atoms with van der Waals surface area (Å²) in [5.74, 6) is 0.643. The standard InChI is InChI=1S/C12H6Cl3N5/c13-8-4-1-3-7(9(8)14)10-17-11(15)19-12(18-10)20-6-2-5-16-20/h1-6H. The lowest BCUT2D eigenvalue weighted by Gasteiger charge is -2.06. The minimum Gasteiger partial charge on any atom is -0.206 e. The minimum absolute atomic E-state index is 0.0524. The van der Waals surface area contributed by atoms with Crippen LogP contribution in [0.25, 0.3) is 17.3 Å². The number of nitrogens with zero attached hydrogens (tertiary/aromatic N) is 5. The first kappa shape index (κ1) is 13.3. The Morgan fingerprint density at radius 2 is 1.80 bits per heavy atom. The average molecular weight is 327 g/mol. The molecule has 20 heavy (non-hydrogen) atoms. The lowest BCUT2D eigenvalue weighted by atomic mass is 10.2. The van der Waals surface area contributed by atoms with Crippen LogP contribution in [-0.4, -0.2) is 24.7 Å². The molecule has 3 aromatic rings. The van der Waals surface area contributed by atoms with Gasteiger partial charge in [-0.2, -0.15) is 20.1 Å². The molecule has 0 fully saturated rings. The van der Waals surface area contributed by atoms with Gasteiger partial charge in [-0.25, -0.2) is 4.68 Å². The maximum Gasteiger partial charge on any atom is 0.255 e. The van der Waals surface area contributed by atoms with E-state index >= 15 is 0 Å². The number of halogens is 3. The number of aromatic nitrogens is 5. The van der Waals surface area contributed by atoms with Crippen LogP contribution in [0, 0.1) is 0 Å². The number of rotatable bonds is 2. The third kappa shape index (κ3) is 2.47. The van der Waals surface area contributed by atoms with E-state index in [1.165, 1.54) is 4.68 Å². The lowest BCUT2D eigenvalue weighted by Crippen LogP contribution is -2.05. The van der Waals surface area contributed by atoms with Gasteiger partial charge in [-0.1, -0.05) is 29.3 Å². The molecule has 0 aliphatic carbocycles. The zero-order valence-electron chi connectivity index (χ0n) is 9.83. The van der Waals surface area contributed by atoms with Gasteiger partial charge in [0, 0.05) is 18.0 Å². The van der Waals surface area contributed by atoms with Crippen molar-refractivity contribution in [3.63, 3.8) is 0 Å². The Balaban J connectivity index is 2.17. The Kier molecular flexibility index (Phi) is 3.56. The fraction of sp³-hybridized carbons (Fsp3) is 0. The molecular formula is C12H6Cl3N5. The van der Waals surface area contributed by atoms with Crippen molar-refractivity contribution in [3.8, 4) is 17.3 Å². The zero-order chi connectivity index (χ0) is 14.1. The van der Waals surface area contributed by atoms with E-state index in [2.05, 4.69) is 20.1 Å². The molecular weight excluding hydrogens is 321 g/mol. The molecule has 1 aromatic carbocycles. The Labute approximate surface area is 129 Å². The van der Waals surface area contributed by atoms with Crippen molar-refractivity contribution in [2.24, 2.45) is 0 Å². The molecule has 0 saturated carbocycles. The second kappa shape index (κ2) is 5.36. The summed E-state index contributed by atoms with van der Waals surface area (Å²) in [7, 11) is 0. The SMILES string of the molecule is Clc1nc(-c2cccc(Cl)c2Cl)nc(-n2cccn2)n1. The van der Waals surface area contributed by atoms with Gasteiger partial charge in [-0.05, 0) is 29.8 Å². The van der Waals surface area contributed by atoms with Crippen molar-refractivity contribution >= 4 is 34.8 Å². The lowest BCUT2D eigenvalue weighted by molar-refractivity contribution is 0.798. The van der Waals surface area contributed by atoms with Gasteiger partial charge in [-0.15, -0.1) is 0 Å². The molecule has 0 unspecified atom stereocenters. The summed E-state index contributed by atoms with van der Waals surface area (Å²) in [5, 5.41) is 4.88. The number of hydrogen-bond acceptors (Lipinski definition) is 4.